The molecule has 0 bridgehead atoms. The Balaban J connectivity index is 1.56. The molecule has 0 spiro atoms. The Hall–Kier alpha value is -2.92. The fraction of sp³-hybridized carbons (Fsp3) is 0.273. The van der Waals surface area contributed by atoms with Crippen LogP contribution in [0.1, 0.15) is 22.4 Å². The van der Waals surface area contributed by atoms with Gasteiger partial charge in [0.2, 0.25) is 0 Å². The zero-order valence-corrected chi connectivity index (χ0v) is 15.7. The van der Waals surface area contributed by atoms with E-state index in [1.165, 1.54) is 0 Å². The van der Waals surface area contributed by atoms with E-state index in [1.54, 1.807) is 0 Å². The maximum Gasteiger partial charge on any atom is 0.144 e. The van der Waals surface area contributed by atoms with Crippen LogP contribution < -0.4 is 10.2 Å². The first-order chi connectivity index (χ1) is 13.1. The highest BCUT2D eigenvalue weighted by Gasteiger charge is 2.11. The first kappa shape index (κ1) is 17.5. The minimum absolute atomic E-state index is 0.257. The van der Waals surface area contributed by atoms with Crippen molar-refractivity contribution >= 4 is 28.9 Å². The molecule has 27 heavy (non-hydrogen) atoms. The van der Waals surface area contributed by atoms with Crippen molar-refractivity contribution in [2.75, 3.05) is 31.1 Å². The summed E-state index contributed by atoms with van der Waals surface area (Å²) in [7, 11) is 0. The van der Waals surface area contributed by atoms with E-state index in [2.05, 4.69) is 32.3 Å². The Morgan fingerprint density at radius 1 is 1.04 bits per heavy atom. The van der Waals surface area contributed by atoms with Crippen LogP contribution in [0.2, 0.25) is 0 Å². The fourth-order valence-electron chi connectivity index (χ4n) is 3.48. The van der Waals surface area contributed by atoms with Crippen LogP contribution in [-0.4, -0.2) is 41.3 Å². The van der Waals surface area contributed by atoms with Crippen molar-refractivity contribution in [2.24, 2.45) is 0 Å². The predicted molar refractivity (Wildman–Crippen MR) is 111 cm³/mol. The number of aryl methyl sites for hydroxylation is 2. The number of benzene rings is 1. The molecule has 0 radical (unpaired) electrons. The van der Waals surface area contributed by atoms with Crippen LogP contribution >= 0.6 is 0 Å². The summed E-state index contributed by atoms with van der Waals surface area (Å²) in [4.78, 5) is 11.5. The van der Waals surface area contributed by atoms with Gasteiger partial charge in [-0.05, 0) is 54.8 Å². The van der Waals surface area contributed by atoms with Crippen molar-refractivity contribution in [2.45, 2.75) is 13.8 Å². The molecule has 1 aliphatic rings. The maximum atomic E-state index is 10.3. The number of phenols is 1. The quantitative estimate of drug-likeness (QED) is 0.748. The minimum atomic E-state index is 0.257. The Kier molecular flexibility index (Phi) is 4.77. The molecule has 0 amide bonds. The Labute approximate surface area is 159 Å². The highest BCUT2D eigenvalue weighted by Crippen LogP contribution is 2.30. The summed E-state index contributed by atoms with van der Waals surface area (Å²) in [6.45, 7) is 7.93. The number of aromatic nitrogens is 2. The van der Waals surface area contributed by atoms with Crippen molar-refractivity contribution in [3.63, 3.8) is 0 Å². The Morgan fingerprint density at radius 2 is 1.85 bits per heavy atom. The van der Waals surface area contributed by atoms with E-state index in [4.69, 9.17) is 0 Å². The lowest BCUT2D eigenvalue weighted by Crippen LogP contribution is -2.43. The molecule has 2 aromatic heterocycles. The van der Waals surface area contributed by atoms with Crippen LogP contribution in [0.5, 0.6) is 5.75 Å². The third-order valence-corrected chi connectivity index (χ3v) is 5.03. The molecule has 1 saturated heterocycles. The van der Waals surface area contributed by atoms with Crippen LogP contribution in [0.3, 0.4) is 0 Å². The second-order valence-corrected chi connectivity index (χ2v) is 7.01. The number of fused-ring (bicyclic) bond motifs is 1. The number of rotatable bonds is 3. The monoisotopic (exact) mass is 360 g/mol. The van der Waals surface area contributed by atoms with E-state index in [9.17, 15) is 5.11 Å². The van der Waals surface area contributed by atoms with Crippen molar-refractivity contribution in [3.05, 3.63) is 58.9 Å². The lowest BCUT2D eigenvalue weighted by Gasteiger charge is -2.28. The third kappa shape index (κ3) is 3.64. The summed E-state index contributed by atoms with van der Waals surface area (Å²) in [6, 6.07) is 10.1. The van der Waals surface area contributed by atoms with E-state index >= 15 is 0 Å². The fourth-order valence-corrected chi connectivity index (χ4v) is 3.48. The van der Waals surface area contributed by atoms with Crippen LogP contribution in [0, 0.1) is 13.8 Å². The molecule has 2 N–H and O–H groups in total. The maximum absolute atomic E-state index is 10.3. The van der Waals surface area contributed by atoms with E-state index in [-0.39, 0.29) is 5.75 Å². The second-order valence-electron chi connectivity index (χ2n) is 7.01. The van der Waals surface area contributed by atoms with Gasteiger partial charge in [-0.2, -0.15) is 0 Å². The molecule has 1 aliphatic heterocycles. The van der Waals surface area contributed by atoms with Gasteiger partial charge >= 0.3 is 0 Å². The van der Waals surface area contributed by atoms with Gasteiger partial charge in [0.25, 0.3) is 0 Å². The number of aromatic hydroxyl groups is 1. The molecule has 0 unspecified atom stereocenters. The van der Waals surface area contributed by atoms with Crippen LogP contribution in [0.4, 0.5) is 5.82 Å². The van der Waals surface area contributed by atoms with Gasteiger partial charge in [-0.25, -0.2) is 9.97 Å². The zero-order valence-electron chi connectivity index (χ0n) is 15.7. The number of nitrogens with zero attached hydrogens (tertiary/aromatic N) is 3. The van der Waals surface area contributed by atoms with Gasteiger partial charge in [-0.3, -0.25) is 0 Å². The molecule has 5 heteroatoms. The van der Waals surface area contributed by atoms with Crippen molar-refractivity contribution in [3.8, 4) is 5.75 Å². The van der Waals surface area contributed by atoms with Crippen molar-refractivity contribution < 1.29 is 5.11 Å². The summed E-state index contributed by atoms with van der Waals surface area (Å²) in [6.07, 6.45) is 5.85. The Bertz CT molecular complexity index is 989. The number of anilines is 1. The first-order valence-electron chi connectivity index (χ1n) is 9.31. The average molecular weight is 360 g/mol. The molecule has 5 nitrogen and oxygen atoms in total. The zero-order chi connectivity index (χ0) is 18.8. The smallest absolute Gasteiger partial charge is 0.144 e. The molecule has 3 heterocycles. The van der Waals surface area contributed by atoms with Crippen molar-refractivity contribution in [1.82, 2.24) is 15.3 Å². The molecule has 138 valence electrons. The summed E-state index contributed by atoms with van der Waals surface area (Å²) >= 11 is 0. The van der Waals surface area contributed by atoms with E-state index in [1.807, 2.05) is 50.4 Å². The normalized spacial score (nSPS) is 15.0. The second kappa shape index (κ2) is 7.37. The third-order valence-electron chi connectivity index (χ3n) is 5.03. The van der Waals surface area contributed by atoms with E-state index < -0.39 is 0 Å². The van der Waals surface area contributed by atoms with Crippen LogP contribution in [-0.2, 0) is 0 Å². The van der Waals surface area contributed by atoms with Gasteiger partial charge < -0.3 is 15.3 Å². The molecule has 0 aliphatic carbocycles. The summed E-state index contributed by atoms with van der Waals surface area (Å²) in [5.74, 6) is 1.28. The van der Waals surface area contributed by atoms with Gasteiger partial charge in [0, 0.05) is 37.8 Å². The van der Waals surface area contributed by atoms with Gasteiger partial charge in [0.15, 0.2) is 0 Å². The standard InChI is InChI=1S/C22H24N4O/c1-15-13-16(2)22(27)21-19(15)7-6-18(25-21)5-3-17-4-8-20(24-14-17)26-11-9-23-10-12-26/h3-8,13-14,23,27H,9-12H2,1-2H3/b5-3+. The molecule has 1 fully saturated rings. The number of pyridine rings is 2. The topological polar surface area (TPSA) is 61.3 Å². The summed E-state index contributed by atoms with van der Waals surface area (Å²) < 4.78 is 0. The largest absolute Gasteiger partial charge is 0.505 e. The molecular formula is C22H24N4O. The number of phenolic OH excluding ortho intramolecular Hbond substituents is 1. The summed E-state index contributed by atoms with van der Waals surface area (Å²) in [5.41, 5.74) is 4.47. The minimum Gasteiger partial charge on any atom is -0.505 e. The predicted octanol–water partition coefficient (Wildman–Crippen LogP) is 3.53. The number of nitrogens with one attached hydrogen (secondary N) is 1. The van der Waals surface area contributed by atoms with E-state index in [0.29, 0.717) is 5.52 Å². The average Bonchev–Trinajstić information content (AvgIpc) is 2.71. The Morgan fingerprint density at radius 3 is 2.59 bits per heavy atom. The number of piperazine rings is 1. The van der Waals surface area contributed by atoms with Gasteiger partial charge in [0.1, 0.15) is 17.1 Å². The van der Waals surface area contributed by atoms with Crippen LogP contribution in [0.25, 0.3) is 23.1 Å². The lowest BCUT2D eigenvalue weighted by atomic mass is 10.0. The van der Waals surface area contributed by atoms with Crippen molar-refractivity contribution in [1.29, 1.82) is 0 Å². The molecule has 3 aromatic rings. The number of hydrogen-bond donors (Lipinski definition) is 2. The lowest BCUT2D eigenvalue weighted by molar-refractivity contribution is 0.476. The van der Waals surface area contributed by atoms with Gasteiger partial charge in [-0.15, -0.1) is 0 Å². The first-order valence-corrected chi connectivity index (χ1v) is 9.31. The molecule has 0 saturated carbocycles. The highest BCUT2D eigenvalue weighted by atomic mass is 16.3. The van der Waals surface area contributed by atoms with Gasteiger partial charge in [0.05, 0.1) is 5.69 Å². The highest BCUT2D eigenvalue weighted by molar-refractivity contribution is 5.89. The van der Waals surface area contributed by atoms with E-state index in [0.717, 1.165) is 59.8 Å². The number of hydrogen-bond acceptors (Lipinski definition) is 5. The summed E-state index contributed by atoms with van der Waals surface area (Å²) in [5, 5.41) is 14.7. The van der Waals surface area contributed by atoms with Crippen LogP contribution in [0.15, 0.2) is 36.5 Å². The SMILES string of the molecule is Cc1cc(C)c2ccc(/C=C/c3ccc(N4CCNCC4)nc3)nc2c1O. The molecule has 1 aromatic carbocycles. The molecule has 0 atom stereocenters. The molecular weight excluding hydrogens is 336 g/mol. The molecule has 4 rings (SSSR count). The van der Waals surface area contributed by atoms with Gasteiger partial charge in [-0.1, -0.05) is 18.2 Å².